The maximum Gasteiger partial charge on any atom is 0.281 e. The van der Waals surface area contributed by atoms with E-state index in [1.54, 1.807) is 37.6 Å². The van der Waals surface area contributed by atoms with Crippen molar-refractivity contribution in [2.45, 2.75) is 19.9 Å². The second-order valence-corrected chi connectivity index (χ2v) is 9.02. The number of amides is 1. The lowest BCUT2D eigenvalue weighted by Gasteiger charge is -2.20. The van der Waals surface area contributed by atoms with E-state index in [1.807, 2.05) is 19.9 Å². The molecule has 3 aromatic heterocycles. The van der Waals surface area contributed by atoms with Crippen LogP contribution < -0.4 is 21.2 Å². The van der Waals surface area contributed by atoms with Gasteiger partial charge in [0.05, 0.1) is 22.6 Å². The van der Waals surface area contributed by atoms with Crippen LogP contribution in [0.2, 0.25) is 5.15 Å². The summed E-state index contributed by atoms with van der Waals surface area (Å²) in [5.74, 6) is 0.0420. The van der Waals surface area contributed by atoms with E-state index in [9.17, 15) is 14.4 Å². The van der Waals surface area contributed by atoms with E-state index in [0.717, 1.165) is 23.1 Å². The summed E-state index contributed by atoms with van der Waals surface area (Å²) in [4.78, 5) is 49.0. The molecule has 0 saturated carbocycles. The maximum absolute atomic E-state index is 13.3. The molecule has 0 aliphatic carbocycles. The maximum atomic E-state index is 13.3. The first-order valence-electron chi connectivity index (χ1n) is 10.7. The van der Waals surface area contributed by atoms with Crippen molar-refractivity contribution in [2.24, 2.45) is 7.05 Å². The minimum atomic E-state index is -0.379. The SMILES string of the molecule is CSNC(=O)c1nc(Cl)ccc1NC(C)c1cc(C)cc2c(=O)n(C)c(-c3ccc(=O)[nH]c3)nc12. The van der Waals surface area contributed by atoms with E-state index in [1.165, 1.54) is 16.8 Å². The molecule has 0 bridgehead atoms. The fourth-order valence-corrected chi connectivity index (χ4v) is 4.30. The Morgan fingerprint density at radius 1 is 1.17 bits per heavy atom. The van der Waals surface area contributed by atoms with Gasteiger partial charge in [0.15, 0.2) is 5.69 Å². The molecular weight excluding hydrogens is 488 g/mol. The molecular formula is C24H23ClN6O3S. The van der Waals surface area contributed by atoms with Gasteiger partial charge in [-0.15, -0.1) is 0 Å². The summed E-state index contributed by atoms with van der Waals surface area (Å²) in [6.45, 7) is 3.82. The average Bonchev–Trinajstić information content (AvgIpc) is 2.83. The van der Waals surface area contributed by atoms with Gasteiger partial charge in [0, 0.05) is 36.7 Å². The lowest BCUT2D eigenvalue weighted by Crippen LogP contribution is -2.23. The lowest BCUT2D eigenvalue weighted by atomic mass is 10.0. The molecule has 3 heterocycles. The highest BCUT2D eigenvalue weighted by Crippen LogP contribution is 2.29. The molecule has 180 valence electrons. The molecule has 0 aliphatic rings. The molecule has 1 atom stereocenters. The summed E-state index contributed by atoms with van der Waals surface area (Å²) in [6, 6.07) is 9.72. The number of rotatable bonds is 6. The molecule has 1 unspecified atom stereocenters. The van der Waals surface area contributed by atoms with Gasteiger partial charge in [-0.2, -0.15) is 0 Å². The van der Waals surface area contributed by atoms with Crippen LogP contribution in [0.15, 0.2) is 52.2 Å². The smallest absolute Gasteiger partial charge is 0.281 e. The van der Waals surface area contributed by atoms with E-state index in [4.69, 9.17) is 16.6 Å². The molecule has 11 heteroatoms. The van der Waals surface area contributed by atoms with E-state index in [-0.39, 0.29) is 33.9 Å². The average molecular weight is 511 g/mol. The van der Waals surface area contributed by atoms with Crippen LogP contribution >= 0.6 is 23.5 Å². The summed E-state index contributed by atoms with van der Waals surface area (Å²) >= 11 is 7.20. The number of halogens is 1. The fourth-order valence-electron chi connectivity index (χ4n) is 3.87. The first-order valence-corrected chi connectivity index (χ1v) is 12.3. The minimum absolute atomic E-state index is 0.161. The van der Waals surface area contributed by atoms with Crippen molar-refractivity contribution in [3.8, 4) is 11.4 Å². The first-order chi connectivity index (χ1) is 16.7. The Hall–Kier alpha value is -3.63. The molecule has 0 radical (unpaired) electrons. The Morgan fingerprint density at radius 3 is 2.63 bits per heavy atom. The second kappa shape index (κ2) is 9.93. The molecule has 35 heavy (non-hydrogen) atoms. The molecule has 0 spiro atoms. The molecule has 3 N–H and O–H groups in total. The third-order valence-electron chi connectivity index (χ3n) is 5.51. The Balaban J connectivity index is 1.85. The van der Waals surface area contributed by atoms with Gasteiger partial charge in [0.25, 0.3) is 11.5 Å². The van der Waals surface area contributed by atoms with Crippen LogP contribution in [0.1, 0.15) is 34.6 Å². The molecule has 0 saturated heterocycles. The molecule has 9 nitrogen and oxygen atoms in total. The molecule has 1 amide bonds. The highest BCUT2D eigenvalue weighted by Gasteiger charge is 2.20. The number of carbonyl (C=O) groups excluding carboxylic acids is 1. The molecule has 0 aliphatic heterocycles. The zero-order valence-corrected chi connectivity index (χ0v) is 21.0. The number of hydrogen-bond donors (Lipinski definition) is 3. The Morgan fingerprint density at radius 2 is 1.94 bits per heavy atom. The largest absolute Gasteiger partial charge is 0.377 e. The number of hydrogen-bond acceptors (Lipinski definition) is 7. The van der Waals surface area contributed by atoms with Crippen LogP contribution in [0, 0.1) is 6.92 Å². The Bertz CT molecular complexity index is 1550. The normalized spacial score (nSPS) is 11.9. The van der Waals surface area contributed by atoms with Crippen molar-refractivity contribution in [3.05, 3.63) is 85.3 Å². The summed E-state index contributed by atoms with van der Waals surface area (Å²) in [7, 11) is 1.65. The minimum Gasteiger partial charge on any atom is -0.377 e. The molecule has 1 aromatic carbocycles. The number of H-pyrrole nitrogens is 1. The number of fused-ring (bicyclic) bond motifs is 1. The summed E-state index contributed by atoms with van der Waals surface area (Å²) in [6.07, 6.45) is 3.27. The van der Waals surface area contributed by atoms with Crippen molar-refractivity contribution in [3.63, 3.8) is 0 Å². The topological polar surface area (TPSA) is 122 Å². The number of aromatic amines is 1. The Labute approximate surface area is 210 Å². The van der Waals surface area contributed by atoms with E-state index >= 15 is 0 Å². The van der Waals surface area contributed by atoms with Gasteiger partial charge in [0.2, 0.25) is 5.56 Å². The number of carbonyl (C=O) groups is 1. The monoisotopic (exact) mass is 510 g/mol. The van der Waals surface area contributed by atoms with Crippen molar-refractivity contribution in [2.75, 3.05) is 11.6 Å². The summed E-state index contributed by atoms with van der Waals surface area (Å²) in [5, 5.41) is 4.00. The van der Waals surface area contributed by atoms with Crippen LogP contribution in [0.25, 0.3) is 22.3 Å². The Kier molecular flexibility index (Phi) is 6.95. The van der Waals surface area contributed by atoms with Crippen molar-refractivity contribution in [1.82, 2.24) is 24.2 Å². The molecule has 4 rings (SSSR count). The third kappa shape index (κ3) is 4.94. The van der Waals surface area contributed by atoms with Gasteiger partial charge in [-0.05, 0) is 43.7 Å². The number of pyridine rings is 2. The van der Waals surface area contributed by atoms with E-state index in [0.29, 0.717) is 28.0 Å². The standard InChI is InChI=1S/C24H23ClN6O3S/c1-12-9-15(13(2)27-17-6-7-18(25)28-21(17)23(33)30-35-4)20-16(10-12)24(34)31(3)22(29-20)14-5-8-19(32)26-11-14/h5-11,13,27H,1-4H3,(H,26,32)(H,30,33). The van der Waals surface area contributed by atoms with Crippen LogP contribution in [-0.2, 0) is 7.05 Å². The summed E-state index contributed by atoms with van der Waals surface area (Å²) in [5.41, 5.74) is 3.00. The predicted molar refractivity (Wildman–Crippen MR) is 140 cm³/mol. The number of aromatic nitrogens is 4. The number of anilines is 1. The predicted octanol–water partition coefficient (Wildman–Crippen LogP) is 3.83. The second-order valence-electron chi connectivity index (χ2n) is 8.02. The summed E-state index contributed by atoms with van der Waals surface area (Å²) < 4.78 is 4.12. The highest BCUT2D eigenvalue weighted by molar-refractivity contribution is 7.97. The number of aryl methyl sites for hydroxylation is 1. The van der Waals surface area contributed by atoms with Crippen molar-refractivity contribution in [1.29, 1.82) is 0 Å². The van der Waals surface area contributed by atoms with E-state index in [2.05, 4.69) is 20.0 Å². The van der Waals surface area contributed by atoms with Crippen LogP contribution in [0.3, 0.4) is 0 Å². The van der Waals surface area contributed by atoms with Crippen LogP contribution in [0.4, 0.5) is 5.69 Å². The van der Waals surface area contributed by atoms with Gasteiger partial charge in [-0.3, -0.25) is 23.7 Å². The van der Waals surface area contributed by atoms with Crippen molar-refractivity contribution >= 4 is 46.0 Å². The van der Waals surface area contributed by atoms with E-state index < -0.39 is 0 Å². The van der Waals surface area contributed by atoms with Crippen LogP contribution in [0.5, 0.6) is 0 Å². The fraction of sp³-hybridized carbons (Fsp3) is 0.208. The third-order valence-corrected chi connectivity index (χ3v) is 6.11. The van der Waals surface area contributed by atoms with Gasteiger partial charge in [0.1, 0.15) is 11.0 Å². The molecule has 0 fully saturated rings. The number of benzene rings is 1. The van der Waals surface area contributed by atoms with Gasteiger partial charge in [-0.25, -0.2) is 9.97 Å². The lowest BCUT2D eigenvalue weighted by molar-refractivity contribution is 0.0980. The van der Waals surface area contributed by atoms with Crippen LogP contribution in [-0.4, -0.2) is 31.7 Å². The van der Waals surface area contributed by atoms with Gasteiger partial charge >= 0.3 is 0 Å². The van der Waals surface area contributed by atoms with Gasteiger partial charge < -0.3 is 10.3 Å². The van der Waals surface area contributed by atoms with Crippen molar-refractivity contribution < 1.29 is 4.79 Å². The zero-order valence-electron chi connectivity index (χ0n) is 19.5. The highest BCUT2D eigenvalue weighted by atomic mass is 35.5. The number of nitrogens with zero attached hydrogens (tertiary/aromatic N) is 3. The quantitative estimate of drug-likeness (QED) is 0.266. The number of nitrogens with one attached hydrogen (secondary N) is 3. The van der Waals surface area contributed by atoms with Gasteiger partial charge in [-0.1, -0.05) is 29.6 Å². The molecule has 4 aromatic rings. The first kappa shape index (κ1) is 24.5. The zero-order chi connectivity index (χ0) is 25.3.